The van der Waals surface area contributed by atoms with Gasteiger partial charge in [-0.15, -0.1) is 0 Å². The minimum Gasteiger partial charge on any atom is -1.00 e. The molecule has 0 heterocycles. The van der Waals surface area contributed by atoms with Crippen molar-refractivity contribution in [1.29, 1.82) is 0 Å². The summed E-state index contributed by atoms with van der Waals surface area (Å²) in [6.45, 7) is 23.4. The largest absolute Gasteiger partial charge is 1.00 e. The molecule has 0 aromatic heterocycles. The van der Waals surface area contributed by atoms with Crippen LogP contribution in [0.4, 0.5) is 8.78 Å². The maximum Gasteiger partial charge on any atom is -1.00 e. The molecule has 1 atom stereocenters. The summed E-state index contributed by atoms with van der Waals surface area (Å²) >= 11 is -3.24. The van der Waals surface area contributed by atoms with Gasteiger partial charge in [0.25, 0.3) is 0 Å². The molecule has 0 bridgehead atoms. The minimum atomic E-state index is -3.24. The van der Waals surface area contributed by atoms with E-state index >= 15 is 0 Å². The molecule has 0 radical (unpaired) electrons. The number of allylic oxidation sites excluding steroid dienone is 8. The third kappa shape index (κ3) is 7.15. The predicted octanol–water partition coefficient (Wildman–Crippen LogP) is 7.61. The first-order chi connectivity index (χ1) is 24.9. The van der Waals surface area contributed by atoms with Gasteiger partial charge in [-0.1, -0.05) is 0 Å². The fourth-order valence-corrected chi connectivity index (χ4v) is 18.8. The molecule has 0 amide bonds. The summed E-state index contributed by atoms with van der Waals surface area (Å²) in [6.07, 6.45) is 11.9. The molecule has 284 valence electrons. The van der Waals surface area contributed by atoms with Crippen LogP contribution >= 0.6 is 0 Å². The molecule has 4 aromatic carbocycles. The summed E-state index contributed by atoms with van der Waals surface area (Å²) in [6, 6.07) is 24.5. The first-order valence-electron chi connectivity index (χ1n) is 19.4. The Labute approximate surface area is 347 Å². The molecular weight excluding hydrogens is 801 g/mol. The van der Waals surface area contributed by atoms with Crippen LogP contribution in [0, 0.1) is 23.0 Å². The zero-order valence-electron chi connectivity index (χ0n) is 33.8. The van der Waals surface area contributed by atoms with E-state index in [0.29, 0.717) is 0 Å². The predicted molar refractivity (Wildman–Crippen MR) is 217 cm³/mol. The second-order valence-corrected chi connectivity index (χ2v) is 24.5. The molecule has 4 aliphatic carbocycles. The van der Waals surface area contributed by atoms with E-state index in [1.807, 2.05) is 24.3 Å². The standard InChI is InChI=1S/C27H29.C13H8F2.C10H15.2ClH.Zr/c1-16-7-9-26(3,4)24-12-18-11-19-13-25-21(17(2)8-10-27(25,5)6)15-23(19)22(18)14-20(16)24;14-12-5-1-10(2-6-12)9-11-3-7-13(15)8-4-11;1-8-5-6-9(7-8)10(2,3)4;;;/h7-8,11-15H,9-10H2,1-6H3;1-8H;6-8H,1-4H3;2*1H;/q;;;;;+2/p-2. The first kappa shape index (κ1) is 41.7. The van der Waals surface area contributed by atoms with Crippen LogP contribution in [0.25, 0.3) is 22.3 Å². The number of hydrogen-bond acceptors (Lipinski definition) is 0. The van der Waals surface area contributed by atoms with E-state index in [9.17, 15) is 8.78 Å². The maximum absolute atomic E-state index is 14.7. The van der Waals surface area contributed by atoms with Gasteiger partial charge in [0.15, 0.2) is 0 Å². The maximum atomic E-state index is 14.7. The molecule has 8 rings (SSSR count). The van der Waals surface area contributed by atoms with Crippen LogP contribution in [0.2, 0.25) is 0 Å². The van der Waals surface area contributed by atoms with Crippen LogP contribution in [-0.4, -0.2) is 3.21 Å². The quantitative estimate of drug-likeness (QED) is 0.199. The molecule has 0 saturated carbocycles. The van der Waals surface area contributed by atoms with E-state index in [1.165, 1.54) is 64.4 Å². The molecule has 0 saturated heterocycles. The fourth-order valence-electron chi connectivity index (χ4n) is 9.35. The second-order valence-electron chi connectivity index (χ2n) is 18.4. The summed E-state index contributed by atoms with van der Waals surface area (Å²) in [5.41, 5.74) is 17.4. The van der Waals surface area contributed by atoms with Gasteiger partial charge in [-0.2, -0.15) is 0 Å². The SMILES string of the molecule is CC1=CCC(C)(C)c2cc3c(cc21)-c1cc2c(cc1[CH]3[Zr+2]([C]1=CC(C(C)(C)C)=CC1C)=[C](c1ccc(F)cc1)c1ccc(F)cc1)C(C)(C)CC=C2C.[Cl-].[Cl-]. The topological polar surface area (TPSA) is 0 Å². The molecule has 4 aromatic rings. The summed E-state index contributed by atoms with van der Waals surface area (Å²) in [5.74, 6) is -0.220. The zero-order chi connectivity index (χ0) is 37.8. The molecule has 0 N–H and O–H groups in total. The van der Waals surface area contributed by atoms with E-state index in [1.54, 1.807) is 27.5 Å². The summed E-state index contributed by atoms with van der Waals surface area (Å²) in [5, 5.41) is 0. The third-order valence-corrected chi connectivity index (χ3v) is 21.4. The Morgan fingerprint density at radius 2 is 1.07 bits per heavy atom. The Balaban J connectivity index is 0.00000257. The van der Waals surface area contributed by atoms with Gasteiger partial charge in [0, 0.05) is 0 Å². The van der Waals surface area contributed by atoms with E-state index < -0.39 is 21.3 Å². The van der Waals surface area contributed by atoms with E-state index in [0.717, 1.165) is 24.0 Å². The van der Waals surface area contributed by atoms with Crippen LogP contribution in [0.5, 0.6) is 0 Å². The number of rotatable bonds is 4. The van der Waals surface area contributed by atoms with Gasteiger partial charge in [-0.05, 0) is 0 Å². The van der Waals surface area contributed by atoms with Crippen molar-refractivity contribution in [3.8, 4) is 11.1 Å². The Hall–Kier alpha value is -2.97. The van der Waals surface area contributed by atoms with E-state index in [4.69, 9.17) is 0 Å². The van der Waals surface area contributed by atoms with Gasteiger partial charge >= 0.3 is 325 Å². The van der Waals surface area contributed by atoms with Crippen molar-refractivity contribution in [2.24, 2.45) is 11.3 Å². The van der Waals surface area contributed by atoms with Gasteiger partial charge in [-0.3, -0.25) is 0 Å². The molecular formula is C50H52Cl2F2Zr. The molecule has 1 unspecified atom stereocenters. The van der Waals surface area contributed by atoms with Gasteiger partial charge in [0.2, 0.25) is 0 Å². The monoisotopic (exact) mass is 850 g/mol. The Bertz CT molecular complexity index is 2230. The van der Waals surface area contributed by atoms with Crippen molar-refractivity contribution < 1.29 is 54.9 Å². The Morgan fingerprint density at radius 3 is 1.45 bits per heavy atom. The first-order valence-corrected chi connectivity index (χ1v) is 23.2. The number of hydrogen-bond donors (Lipinski definition) is 0. The molecule has 4 aliphatic rings. The molecule has 55 heavy (non-hydrogen) atoms. The number of benzene rings is 4. The fraction of sp³-hybridized carbons (Fsp3) is 0.340. The van der Waals surface area contributed by atoms with Crippen molar-refractivity contribution in [2.45, 2.75) is 96.5 Å². The van der Waals surface area contributed by atoms with Crippen LogP contribution in [0.3, 0.4) is 0 Å². The number of halogens is 4. The van der Waals surface area contributed by atoms with Crippen LogP contribution in [0.15, 0.2) is 106 Å². The molecule has 0 nitrogen and oxygen atoms in total. The minimum absolute atomic E-state index is 0. The molecule has 0 fully saturated rings. The van der Waals surface area contributed by atoms with Crippen molar-refractivity contribution in [3.05, 3.63) is 162 Å². The van der Waals surface area contributed by atoms with Crippen molar-refractivity contribution in [2.75, 3.05) is 0 Å². The summed E-state index contributed by atoms with van der Waals surface area (Å²) < 4.78 is 32.4. The van der Waals surface area contributed by atoms with Gasteiger partial charge in [0.05, 0.1) is 0 Å². The summed E-state index contributed by atoms with van der Waals surface area (Å²) in [7, 11) is 0. The number of fused-ring (bicyclic) bond motifs is 5. The van der Waals surface area contributed by atoms with Crippen LogP contribution < -0.4 is 24.8 Å². The normalized spacial score (nSPS) is 18.8. The van der Waals surface area contributed by atoms with Crippen molar-refractivity contribution >= 4 is 14.4 Å². The van der Waals surface area contributed by atoms with Crippen molar-refractivity contribution in [1.82, 2.24) is 0 Å². The van der Waals surface area contributed by atoms with Crippen molar-refractivity contribution in [3.63, 3.8) is 0 Å². The Kier molecular flexibility index (Phi) is 11.2. The third-order valence-electron chi connectivity index (χ3n) is 12.7. The Morgan fingerprint density at radius 1 is 0.655 bits per heavy atom. The second kappa shape index (κ2) is 14.8. The van der Waals surface area contributed by atoms with E-state index in [2.05, 4.69) is 118 Å². The van der Waals surface area contributed by atoms with Crippen LogP contribution in [-0.2, 0) is 32.1 Å². The average molecular weight is 853 g/mol. The molecule has 0 aliphatic heterocycles. The zero-order valence-corrected chi connectivity index (χ0v) is 37.8. The smallest absolute Gasteiger partial charge is 1.00 e. The van der Waals surface area contributed by atoms with Gasteiger partial charge < -0.3 is 24.8 Å². The molecule has 0 spiro atoms. The average Bonchev–Trinajstić information content (AvgIpc) is 3.65. The van der Waals surface area contributed by atoms with Gasteiger partial charge in [0.1, 0.15) is 0 Å². The van der Waals surface area contributed by atoms with E-state index in [-0.39, 0.29) is 62.2 Å². The van der Waals surface area contributed by atoms with Crippen LogP contribution in [0.1, 0.15) is 130 Å². The molecule has 5 heteroatoms. The summed E-state index contributed by atoms with van der Waals surface area (Å²) in [4.78, 5) is 0. The van der Waals surface area contributed by atoms with Gasteiger partial charge in [-0.25, -0.2) is 0 Å².